The zero-order valence-corrected chi connectivity index (χ0v) is 12.5. The van der Waals surface area contributed by atoms with Crippen molar-refractivity contribution in [2.24, 2.45) is 0 Å². The largest absolute Gasteiger partial charge is 0.481 e. The van der Waals surface area contributed by atoms with Gasteiger partial charge in [-0.3, -0.25) is 14.4 Å². The lowest BCUT2D eigenvalue weighted by atomic mass is 10.0. The van der Waals surface area contributed by atoms with Crippen LogP contribution in [0.3, 0.4) is 0 Å². The summed E-state index contributed by atoms with van der Waals surface area (Å²) in [5.41, 5.74) is 1.70. The molecule has 0 aliphatic heterocycles. The lowest BCUT2D eigenvalue weighted by Gasteiger charge is -2.16. The molecule has 0 heterocycles. The molecule has 21 heavy (non-hydrogen) atoms. The molecule has 5 nitrogen and oxygen atoms in total. The van der Waals surface area contributed by atoms with Gasteiger partial charge in [0, 0.05) is 38.4 Å². The summed E-state index contributed by atoms with van der Waals surface area (Å²) in [5.74, 6) is -1.06. The van der Waals surface area contributed by atoms with Gasteiger partial charge in [0.05, 0.1) is 0 Å². The zero-order chi connectivity index (χ0) is 15.8. The molecule has 0 radical (unpaired) electrons. The SMILES string of the molecule is Cc1ccc(C(=O)CCC(=O)N(C)CCCC(=O)O)cc1. The first kappa shape index (κ1) is 16.9. The molecule has 1 amide bonds. The van der Waals surface area contributed by atoms with Crippen LogP contribution in [0.25, 0.3) is 0 Å². The van der Waals surface area contributed by atoms with E-state index in [0.717, 1.165) is 5.56 Å². The smallest absolute Gasteiger partial charge is 0.303 e. The average molecular weight is 291 g/mol. The molecule has 0 fully saturated rings. The first-order valence-electron chi connectivity index (χ1n) is 6.96. The molecule has 0 aromatic heterocycles. The van der Waals surface area contributed by atoms with Crippen molar-refractivity contribution in [3.05, 3.63) is 35.4 Å². The van der Waals surface area contributed by atoms with Gasteiger partial charge in [0.2, 0.25) is 5.91 Å². The van der Waals surface area contributed by atoms with Crippen LogP contribution in [0.5, 0.6) is 0 Å². The number of hydrogen-bond donors (Lipinski definition) is 1. The Morgan fingerprint density at radius 2 is 1.67 bits per heavy atom. The maximum atomic E-state index is 11.9. The predicted molar refractivity (Wildman–Crippen MR) is 79.3 cm³/mol. The lowest BCUT2D eigenvalue weighted by Crippen LogP contribution is -2.28. The van der Waals surface area contributed by atoms with Gasteiger partial charge >= 0.3 is 5.97 Å². The van der Waals surface area contributed by atoms with Crippen molar-refractivity contribution in [2.45, 2.75) is 32.6 Å². The minimum absolute atomic E-state index is 0.0416. The van der Waals surface area contributed by atoms with Gasteiger partial charge < -0.3 is 10.0 Å². The number of nitrogens with zero attached hydrogens (tertiary/aromatic N) is 1. The maximum Gasteiger partial charge on any atom is 0.303 e. The number of rotatable bonds is 8. The Balaban J connectivity index is 2.36. The summed E-state index contributed by atoms with van der Waals surface area (Å²) in [6, 6.07) is 7.26. The molecule has 1 aromatic rings. The van der Waals surface area contributed by atoms with Crippen LogP contribution in [0.2, 0.25) is 0 Å². The Bertz CT molecular complexity index is 508. The van der Waals surface area contributed by atoms with Crippen molar-refractivity contribution in [1.29, 1.82) is 0 Å². The van der Waals surface area contributed by atoms with Crippen molar-refractivity contribution in [3.63, 3.8) is 0 Å². The van der Waals surface area contributed by atoms with Gasteiger partial charge in [0.1, 0.15) is 0 Å². The highest BCUT2D eigenvalue weighted by Gasteiger charge is 2.12. The number of hydrogen-bond acceptors (Lipinski definition) is 3. The number of amides is 1. The van der Waals surface area contributed by atoms with E-state index in [2.05, 4.69) is 0 Å². The Morgan fingerprint density at radius 1 is 1.05 bits per heavy atom. The van der Waals surface area contributed by atoms with Gasteiger partial charge in [-0.15, -0.1) is 0 Å². The number of ketones is 1. The van der Waals surface area contributed by atoms with Crippen molar-refractivity contribution >= 4 is 17.7 Å². The summed E-state index contributed by atoms with van der Waals surface area (Å²) in [5, 5.41) is 8.54. The number of carbonyl (C=O) groups excluding carboxylic acids is 2. The van der Waals surface area contributed by atoms with E-state index in [-0.39, 0.29) is 31.0 Å². The minimum atomic E-state index is -0.870. The number of benzene rings is 1. The Hall–Kier alpha value is -2.17. The van der Waals surface area contributed by atoms with Gasteiger partial charge in [-0.2, -0.15) is 0 Å². The number of carboxylic acid groups (broad SMARTS) is 1. The highest BCUT2D eigenvalue weighted by Crippen LogP contribution is 2.08. The van der Waals surface area contributed by atoms with Crippen LogP contribution in [-0.2, 0) is 9.59 Å². The van der Waals surface area contributed by atoms with Crippen LogP contribution in [0.1, 0.15) is 41.6 Å². The minimum Gasteiger partial charge on any atom is -0.481 e. The van der Waals surface area contributed by atoms with E-state index in [1.165, 1.54) is 4.90 Å². The van der Waals surface area contributed by atoms with Crippen LogP contribution in [0, 0.1) is 6.92 Å². The van der Waals surface area contributed by atoms with Gasteiger partial charge in [0.15, 0.2) is 5.78 Å². The first-order valence-corrected chi connectivity index (χ1v) is 6.96. The molecule has 0 aliphatic carbocycles. The normalized spacial score (nSPS) is 10.2. The topological polar surface area (TPSA) is 74.7 Å². The van der Waals surface area contributed by atoms with Crippen molar-refractivity contribution in [2.75, 3.05) is 13.6 Å². The van der Waals surface area contributed by atoms with Crippen LogP contribution in [0.4, 0.5) is 0 Å². The summed E-state index contributed by atoms with van der Waals surface area (Å²) < 4.78 is 0. The van der Waals surface area contributed by atoms with E-state index >= 15 is 0 Å². The molecule has 1 rings (SSSR count). The van der Waals surface area contributed by atoms with E-state index in [1.807, 2.05) is 19.1 Å². The van der Waals surface area contributed by atoms with Gasteiger partial charge in [-0.05, 0) is 13.3 Å². The fourth-order valence-electron chi connectivity index (χ4n) is 1.89. The highest BCUT2D eigenvalue weighted by atomic mass is 16.4. The fourth-order valence-corrected chi connectivity index (χ4v) is 1.89. The second-order valence-corrected chi connectivity index (χ2v) is 5.10. The molecule has 1 N–H and O–H groups in total. The molecule has 1 aromatic carbocycles. The van der Waals surface area contributed by atoms with Crippen LogP contribution >= 0.6 is 0 Å². The zero-order valence-electron chi connectivity index (χ0n) is 12.5. The third-order valence-corrected chi connectivity index (χ3v) is 3.25. The van der Waals surface area contributed by atoms with Crippen LogP contribution in [-0.4, -0.2) is 41.3 Å². The van der Waals surface area contributed by atoms with Gasteiger partial charge in [-0.1, -0.05) is 29.8 Å². The fraction of sp³-hybridized carbons (Fsp3) is 0.438. The third kappa shape index (κ3) is 6.21. The lowest BCUT2D eigenvalue weighted by molar-refractivity contribution is -0.138. The van der Waals surface area contributed by atoms with Crippen molar-refractivity contribution < 1.29 is 19.5 Å². The summed E-state index contributed by atoms with van der Waals surface area (Å²) in [6.45, 7) is 2.34. The summed E-state index contributed by atoms with van der Waals surface area (Å²) in [7, 11) is 1.63. The number of carbonyl (C=O) groups is 3. The Morgan fingerprint density at radius 3 is 2.24 bits per heavy atom. The molecule has 0 spiro atoms. The highest BCUT2D eigenvalue weighted by molar-refractivity contribution is 5.97. The molecule has 114 valence electrons. The van der Waals surface area contributed by atoms with E-state index < -0.39 is 5.97 Å². The molecular weight excluding hydrogens is 270 g/mol. The quantitative estimate of drug-likeness (QED) is 0.746. The maximum absolute atomic E-state index is 11.9. The van der Waals surface area contributed by atoms with E-state index in [4.69, 9.17) is 5.11 Å². The molecule has 0 unspecified atom stereocenters. The molecule has 0 bridgehead atoms. The van der Waals surface area contributed by atoms with Crippen LogP contribution < -0.4 is 0 Å². The number of aryl methyl sites for hydroxylation is 1. The van der Waals surface area contributed by atoms with Gasteiger partial charge in [-0.25, -0.2) is 0 Å². The second kappa shape index (κ2) is 8.19. The number of Topliss-reactive ketones (excluding diaryl/α,β-unsaturated/α-hetero) is 1. The van der Waals surface area contributed by atoms with Crippen LogP contribution in [0.15, 0.2) is 24.3 Å². The van der Waals surface area contributed by atoms with Crippen molar-refractivity contribution in [3.8, 4) is 0 Å². The third-order valence-electron chi connectivity index (χ3n) is 3.25. The molecule has 0 saturated carbocycles. The molecule has 0 aliphatic rings. The van der Waals surface area contributed by atoms with E-state index in [9.17, 15) is 14.4 Å². The standard InChI is InChI=1S/C16H21NO4/c1-12-5-7-13(8-6-12)14(18)9-10-15(19)17(2)11-3-4-16(20)21/h5-8H,3-4,9-11H2,1-2H3,(H,20,21). The summed E-state index contributed by atoms with van der Waals surface area (Å²) in [4.78, 5) is 35.6. The second-order valence-electron chi connectivity index (χ2n) is 5.10. The van der Waals surface area contributed by atoms with Gasteiger partial charge in [0.25, 0.3) is 0 Å². The monoisotopic (exact) mass is 291 g/mol. The molecule has 5 heteroatoms. The summed E-state index contributed by atoms with van der Waals surface area (Å²) >= 11 is 0. The molecule has 0 atom stereocenters. The number of aliphatic carboxylic acids is 1. The predicted octanol–water partition coefficient (Wildman–Crippen LogP) is 2.28. The van der Waals surface area contributed by atoms with E-state index in [1.54, 1.807) is 19.2 Å². The Kier molecular flexibility index (Phi) is 6.59. The molecule has 0 saturated heterocycles. The number of carboxylic acids is 1. The van der Waals surface area contributed by atoms with E-state index in [0.29, 0.717) is 18.5 Å². The first-order chi connectivity index (χ1) is 9.90. The van der Waals surface area contributed by atoms with Crippen molar-refractivity contribution in [1.82, 2.24) is 4.90 Å². The molecular formula is C16H21NO4. The summed E-state index contributed by atoms with van der Waals surface area (Å²) in [6.07, 6.45) is 0.783. The average Bonchev–Trinajstić information content (AvgIpc) is 2.44. The Labute approximate surface area is 124 Å².